The highest BCUT2D eigenvalue weighted by Crippen LogP contribution is 2.35. The Balaban J connectivity index is 1.29. The summed E-state index contributed by atoms with van der Waals surface area (Å²) >= 11 is 0. The van der Waals surface area contributed by atoms with Gasteiger partial charge in [0.15, 0.2) is 17.3 Å². The number of aliphatic hydroxyl groups excluding tert-OH is 1. The fourth-order valence-corrected chi connectivity index (χ4v) is 4.56. The molecule has 1 atom stereocenters. The number of nitrogens with zero attached hydrogens (tertiary/aromatic N) is 1. The van der Waals surface area contributed by atoms with Crippen LogP contribution in [0.4, 0.5) is 0 Å². The molecule has 0 bridgehead atoms. The average Bonchev–Trinajstić information content (AvgIpc) is 3.26. The van der Waals surface area contributed by atoms with Crippen LogP contribution >= 0.6 is 0 Å². The summed E-state index contributed by atoms with van der Waals surface area (Å²) in [6.45, 7) is 4.09. The van der Waals surface area contributed by atoms with Crippen LogP contribution in [-0.2, 0) is 0 Å². The normalized spacial score (nSPS) is 16.0. The molecule has 0 saturated carbocycles. The lowest BCUT2D eigenvalue weighted by molar-refractivity contribution is 0.0586. The number of Topliss-reactive ketones (excluding diaryl/α,β-unsaturated/α-hetero) is 1. The minimum Gasteiger partial charge on any atom is -0.497 e. The number of aromatic nitrogens is 1. The maximum atomic E-state index is 11.6. The summed E-state index contributed by atoms with van der Waals surface area (Å²) in [4.78, 5) is 17.2. The molecule has 1 saturated heterocycles. The Morgan fingerprint density at radius 1 is 1.12 bits per heavy atom. The van der Waals surface area contributed by atoms with Crippen molar-refractivity contribution < 1.29 is 24.1 Å². The summed E-state index contributed by atoms with van der Waals surface area (Å²) in [7, 11) is 3.23. The lowest BCUT2D eigenvalue weighted by Gasteiger charge is -2.33. The van der Waals surface area contributed by atoms with Gasteiger partial charge in [0.05, 0.1) is 14.2 Å². The topological polar surface area (TPSA) is 84.0 Å². The van der Waals surface area contributed by atoms with Gasteiger partial charge in [-0.25, -0.2) is 0 Å². The van der Waals surface area contributed by atoms with Crippen molar-refractivity contribution in [3.05, 3.63) is 53.7 Å². The van der Waals surface area contributed by atoms with Gasteiger partial charge >= 0.3 is 0 Å². The Morgan fingerprint density at radius 2 is 1.91 bits per heavy atom. The highest BCUT2D eigenvalue weighted by Gasteiger charge is 2.24. The van der Waals surface area contributed by atoms with E-state index in [-0.39, 0.29) is 12.4 Å². The molecule has 176 valence electrons. The molecule has 0 spiro atoms. The molecule has 0 radical (unpaired) electrons. The summed E-state index contributed by atoms with van der Waals surface area (Å²) in [5, 5.41) is 11.8. The molecule has 3 aromatic rings. The molecule has 33 heavy (non-hydrogen) atoms. The van der Waals surface area contributed by atoms with Crippen LogP contribution in [0.15, 0.2) is 42.6 Å². The molecule has 1 aliphatic rings. The summed E-state index contributed by atoms with van der Waals surface area (Å²) in [5.74, 6) is 2.34. The molecule has 0 amide bonds. The molecule has 4 rings (SSSR count). The molecule has 1 aliphatic heterocycles. The zero-order chi connectivity index (χ0) is 23.4. The highest BCUT2D eigenvalue weighted by molar-refractivity contribution is 5.94. The van der Waals surface area contributed by atoms with E-state index in [1.165, 1.54) is 25.0 Å². The maximum absolute atomic E-state index is 11.6. The van der Waals surface area contributed by atoms with Gasteiger partial charge in [0.25, 0.3) is 0 Å². The molecule has 2 heterocycles. The van der Waals surface area contributed by atoms with Gasteiger partial charge in [0.1, 0.15) is 18.5 Å². The van der Waals surface area contributed by atoms with Crippen LogP contribution < -0.4 is 14.2 Å². The molecule has 1 aromatic heterocycles. The van der Waals surface area contributed by atoms with Crippen LogP contribution in [-0.4, -0.2) is 67.3 Å². The van der Waals surface area contributed by atoms with Gasteiger partial charge in [-0.1, -0.05) is 0 Å². The van der Waals surface area contributed by atoms with Crippen LogP contribution in [0.25, 0.3) is 10.9 Å². The molecule has 2 N–H and O–H groups in total. The third-order valence-corrected chi connectivity index (χ3v) is 6.42. The van der Waals surface area contributed by atoms with Crippen LogP contribution in [0.5, 0.6) is 17.2 Å². The Hall–Kier alpha value is -3.03. The Labute approximate surface area is 194 Å². The quantitative estimate of drug-likeness (QED) is 0.478. The Bertz CT molecular complexity index is 1100. The van der Waals surface area contributed by atoms with Crippen molar-refractivity contribution in [1.82, 2.24) is 9.88 Å². The molecule has 1 unspecified atom stereocenters. The van der Waals surface area contributed by atoms with Crippen molar-refractivity contribution in [3.63, 3.8) is 0 Å². The van der Waals surface area contributed by atoms with E-state index in [0.717, 1.165) is 37.2 Å². The van der Waals surface area contributed by atoms with Crippen molar-refractivity contribution in [2.24, 2.45) is 0 Å². The largest absolute Gasteiger partial charge is 0.497 e. The first-order chi connectivity index (χ1) is 16.0. The fourth-order valence-electron chi connectivity index (χ4n) is 4.56. The predicted octanol–water partition coefficient (Wildman–Crippen LogP) is 4.01. The number of methoxy groups -OCH3 is 2. The number of nitrogens with one attached hydrogen (secondary N) is 1. The lowest BCUT2D eigenvalue weighted by Crippen LogP contribution is -2.40. The number of benzene rings is 2. The van der Waals surface area contributed by atoms with E-state index in [9.17, 15) is 9.90 Å². The fraction of sp³-hybridized carbons (Fsp3) is 0.423. The van der Waals surface area contributed by atoms with E-state index in [1.54, 1.807) is 25.3 Å². The molecular weight excluding hydrogens is 420 g/mol. The number of aliphatic hydroxyl groups is 1. The van der Waals surface area contributed by atoms with E-state index >= 15 is 0 Å². The predicted molar refractivity (Wildman–Crippen MR) is 128 cm³/mol. The van der Waals surface area contributed by atoms with Gasteiger partial charge < -0.3 is 29.2 Å². The number of rotatable bonds is 9. The maximum Gasteiger partial charge on any atom is 0.161 e. The van der Waals surface area contributed by atoms with Crippen LogP contribution in [0.1, 0.15) is 41.6 Å². The summed E-state index contributed by atoms with van der Waals surface area (Å²) in [6, 6.07) is 11.2. The first kappa shape index (κ1) is 23.1. The van der Waals surface area contributed by atoms with Gasteiger partial charge in [0.2, 0.25) is 0 Å². The van der Waals surface area contributed by atoms with Crippen molar-refractivity contribution in [2.45, 2.75) is 31.8 Å². The average molecular weight is 453 g/mol. The van der Waals surface area contributed by atoms with E-state index in [2.05, 4.69) is 28.2 Å². The molecule has 7 heteroatoms. The summed E-state index contributed by atoms with van der Waals surface area (Å²) in [6.07, 6.45) is 3.59. The molecule has 7 nitrogen and oxygen atoms in total. The second kappa shape index (κ2) is 10.3. The number of likely N-dealkylation sites (tertiary alicyclic amines) is 1. The van der Waals surface area contributed by atoms with Gasteiger partial charge in [-0.3, -0.25) is 4.79 Å². The molecule has 2 aromatic carbocycles. The number of aromatic amines is 1. The van der Waals surface area contributed by atoms with Crippen LogP contribution in [0.2, 0.25) is 0 Å². The van der Waals surface area contributed by atoms with E-state index in [1.807, 2.05) is 6.07 Å². The van der Waals surface area contributed by atoms with Crippen molar-refractivity contribution in [3.8, 4) is 17.2 Å². The number of hydrogen-bond donors (Lipinski definition) is 2. The monoisotopic (exact) mass is 452 g/mol. The molecular formula is C26H32N2O5. The first-order valence-electron chi connectivity index (χ1n) is 11.4. The Kier molecular flexibility index (Phi) is 7.20. The molecule has 1 fully saturated rings. The number of β-amino-alcohol motifs (C(OH)–C–C–N with tert-alkyl or cyclic N) is 1. The van der Waals surface area contributed by atoms with Crippen molar-refractivity contribution in [2.75, 3.05) is 40.5 Å². The minimum atomic E-state index is -0.615. The standard InChI is InChI=1S/C26H32N2O5/c1-17(29)19-4-7-25(26(12-19)32-3)33-16-20(30)15-28-10-8-18(9-11-28)23-14-27-24-6-5-21(31-2)13-22(23)24/h4-7,12-14,18,20,27,30H,8-11,15-16H2,1-3H3. The van der Waals surface area contributed by atoms with E-state index < -0.39 is 6.10 Å². The Morgan fingerprint density at radius 3 is 2.61 bits per heavy atom. The SMILES string of the molecule is COc1ccc2[nH]cc(C3CCN(CC(O)COc4ccc(C(C)=O)cc4OC)CC3)c2c1. The van der Waals surface area contributed by atoms with Crippen molar-refractivity contribution in [1.29, 1.82) is 0 Å². The lowest BCUT2D eigenvalue weighted by atomic mass is 9.89. The third-order valence-electron chi connectivity index (χ3n) is 6.42. The third kappa shape index (κ3) is 5.31. The van der Waals surface area contributed by atoms with Crippen LogP contribution in [0, 0.1) is 0 Å². The van der Waals surface area contributed by atoms with Gasteiger partial charge in [-0.15, -0.1) is 0 Å². The number of carbonyl (C=O) groups excluding carboxylic acids is 1. The number of ketones is 1. The second-order valence-corrected chi connectivity index (χ2v) is 8.62. The van der Waals surface area contributed by atoms with Gasteiger partial charge in [-0.05, 0) is 80.7 Å². The second-order valence-electron chi connectivity index (χ2n) is 8.62. The number of H-pyrrole nitrogens is 1. The number of carbonyl (C=O) groups is 1. The summed E-state index contributed by atoms with van der Waals surface area (Å²) in [5.41, 5.74) is 3.04. The van der Waals surface area contributed by atoms with Gasteiger partial charge in [0, 0.05) is 29.2 Å². The van der Waals surface area contributed by atoms with Gasteiger partial charge in [-0.2, -0.15) is 0 Å². The number of ether oxygens (including phenoxy) is 3. The smallest absolute Gasteiger partial charge is 0.161 e. The zero-order valence-corrected chi connectivity index (χ0v) is 19.5. The van der Waals surface area contributed by atoms with E-state index in [0.29, 0.717) is 29.5 Å². The van der Waals surface area contributed by atoms with Crippen molar-refractivity contribution >= 4 is 16.7 Å². The molecule has 0 aliphatic carbocycles. The number of fused-ring (bicyclic) bond motifs is 1. The minimum absolute atomic E-state index is 0.0324. The first-order valence-corrected chi connectivity index (χ1v) is 11.4. The zero-order valence-electron chi connectivity index (χ0n) is 19.5. The van der Waals surface area contributed by atoms with Crippen LogP contribution in [0.3, 0.4) is 0 Å². The highest BCUT2D eigenvalue weighted by atomic mass is 16.5. The summed E-state index contributed by atoms with van der Waals surface area (Å²) < 4.78 is 16.5. The number of piperidine rings is 1. The number of hydrogen-bond acceptors (Lipinski definition) is 6. The van der Waals surface area contributed by atoms with E-state index in [4.69, 9.17) is 14.2 Å².